The SMILES string of the molecule is Cc1c(OCC2CCC(C)(C)O2)ccc(S(=O)(=O)Cl)c1C. The molecule has 1 fully saturated rings. The van der Waals surface area contributed by atoms with E-state index in [4.69, 9.17) is 20.2 Å². The van der Waals surface area contributed by atoms with Crippen LogP contribution in [0.3, 0.4) is 0 Å². The fraction of sp³-hybridized carbons (Fsp3) is 0.600. The lowest BCUT2D eigenvalue weighted by Gasteiger charge is -2.20. The first-order valence-electron chi connectivity index (χ1n) is 6.96. The average Bonchev–Trinajstić information content (AvgIpc) is 2.69. The summed E-state index contributed by atoms with van der Waals surface area (Å²) in [6.07, 6.45) is 2.07. The van der Waals surface area contributed by atoms with Crippen LogP contribution in [-0.2, 0) is 13.8 Å². The minimum Gasteiger partial charge on any atom is -0.491 e. The van der Waals surface area contributed by atoms with Gasteiger partial charge in [-0.15, -0.1) is 0 Å². The van der Waals surface area contributed by atoms with E-state index in [-0.39, 0.29) is 16.6 Å². The van der Waals surface area contributed by atoms with E-state index in [1.54, 1.807) is 13.0 Å². The third-order valence-corrected chi connectivity index (χ3v) is 5.40. The minimum absolute atomic E-state index is 0.0798. The molecule has 1 unspecified atom stereocenters. The first-order valence-corrected chi connectivity index (χ1v) is 9.26. The lowest BCUT2D eigenvalue weighted by atomic mass is 10.1. The quantitative estimate of drug-likeness (QED) is 0.791. The number of hydrogen-bond donors (Lipinski definition) is 0. The summed E-state index contributed by atoms with van der Waals surface area (Å²) < 4.78 is 34.6. The highest BCUT2D eigenvalue weighted by atomic mass is 35.7. The molecule has 0 N–H and O–H groups in total. The maximum Gasteiger partial charge on any atom is 0.261 e. The summed E-state index contributed by atoms with van der Waals surface area (Å²) in [6, 6.07) is 3.14. The van der Waals surface area contributed by atoms with E-state index in [0.717, 1.165) is 18.4 Å². The van der Waals surface area contributed by atoms with Gasteiger partial charge in [0, 0.05) is 10.7 Å². The van der Waals surface area contributed by atoms with E-state index in [2.05, 4.69) is 13.8 Å². The highest BCUT2D eigenvalue weighted by Gasteiger charge is 2.32. The fourth-order valence-corrected chi connectivity index (χ4v) is 3.82. The van der Waals surface area contributed by atoms with Crippen LogP contribution in [0.4, 0.5) is 0 Å². The third kappa shape index (κ3) is 3.90. The van der Waals surface area contributed by atoms with E-state index in [1.165, 1.54) is 6.07 Å². The standard InChI is InChI=1S/C15H21ClO4S/c1-10-11(2)14(21(16,17)18)6-5-13(10)19-9-12-7-8-15(3,4)20-12/h5-6,12H,7-9H2,1-4H3. The normalized spacial score (nSPS) is 21.5. The molecule has 0 saturated carbocycles. The maximum absolute atomic E-state index is 11.5. The van der Waals surface area contributed by atoms with Crippen molar-refractivity contribution in [1.82, 2.24) is 0 Å². The van der Waals surface area contributed by atoms with E-state index in [1.807, 2.05) is 6.92 Å². The molecule has 2 rings (SSSR count). The molecular formula is C15H21ClO4S. The van der Waals surface area contributed by atoms with Crippen molar-refractivity contribution in [2.45, 2.75) is 57.1 Å². The van der Waals surface area contributed by atoms with Crippen molar-refractivity contribution in [2.75, 3.05) is 6.61 Å². The first-order chi connectivity index (χ1) is 9.60. The van der Waals surface area contributed by atoms with Crippen LogP contribution in [0, 0.1) is 13.8 Å². The van der Waals surface area contributed by atoms with Crippen molar-refractivity contribution < 1.29 is 17.9 Å². The molecule has 1 aliphatic heterocycles. The van der Waals surface area contributed by atoms with Gasteiger partial charge in [-0.05, 0) is 63.8 Å². The van der Waals surface area contributed by atoms with Gasteiger partial charge >= 0.3 is 0 Å². The van der Waals surface area contributed by atoms with Gasteiger partial charge in [0.05, 0.1) is 16.6 Å². The Labute approximate surface area is 130 Å². The van der Waals surface area contributed by atoms with E-state index < -0.39 is 9.05 Å². The van der Waals surface area contributed by atoms with Gasteiger partial charge in [0.25, 0.3) is 9.05 Å². The Bertz CT molecular complexity index is 637. The lowest BCUT2D eigenvalue weighted by molar-refractivity contribution is -0.0327. The second-order valence-electron chi connectivity index (χ2n) is 6.10. The van der Waals surface area contributed by atoms with Gasteiger partial charge in [-0.2, -0.15) is 0 Å². The van der Waals surface area contributed by atoms with Gasteiger partial charge in [-0.1, -0.05) is 0 Å². The van der Waals surface area contributed by atoms with Crippen LogP contribution >= 0.6 is 10.7 Å². The predicted octanol–water partition coefficient (Wildman–Crippen LogP) is 3.57. The van der Waals surface area contributed by atoms with Crippen molar-refractivity contribution in [3.05, 3.63) is 23.3 Å². The molecule has 1 heterocycles. The molecule has 1 aromatic carbocycles. The van der Waals surface area contributed by atoms with E-state index in [0.29, 0.717) is 17.9 Å². The third-order valence-electron chi connectivity index (χ3n) is 3.93. The van der Waals surface area contributed by atoms with Crippen LogP contribution in [-0.4, -0.2) is 26.7 Å². The summed E-state index contributed by atoms with van der Waals surface area (Å²) in [6.45, 7) is 8.17. The van der Waals surface area contributed by atoms with Crippen molar-refractivity contribution in [3.8, 4) is 5.75 Å². The topological polar surface area (TPSA) is 52.6 Å². The summed E-state index contributed by atoms with van der Waals surface area (Å²) in [5, 5.41) is 0. The molecule has 0 aliphatic carbocycles. The van der Waals surface area contributed by atoms with Crippen LogP contribution in [0.25, 0.3) is 0 Å². The Hall–Kier alpha value is -0.780. The number of benzene rings is 1. The van der Waals surface area contributed by atoms with Gasteiger partial charge < -0.3 is 9.47 Å². The molecule has 0 aromatic heterocycles. The van der Waals surface area contributed by atoms with Crippen LogP contribution in [0.2, 0.25) is 0 Å². The summed E-state index contributed by atoms with van der Waals surface area (Å²) in [7, 11) is 1.68. The van der Waals surface area contributed by atoms with Crippen LogP contribution in [0.1, 0.15) is 37.8 Å². The molecule has 118 valence electrons. The van der Waals surface area contributed by atoms with Gasteiger partial charge in [0.2, 0.25) is 0 Å². The largest absolute Gasteiger partial charge is 0.491 e. The van der Waals surface area contributed by atoms with Crippen molar-refractivity contribution >= 4 is 19.7 Å². The summed E-state index contributed by atoms with van der Waals surface area (Å²) in [5.74, 6) is 0.671. The number of halogens is 1. The average molecular weight is 333 g/mol. The molecule has 0 spiro atoms. The molecule has 6 heteroatoms. The fourth-order valence-electron chi connectivity index (χ4n) is 2.57. The van der Waals surface area contributed by atoms with Crippen LogP contribution in [0.15, 0.2) is 17.0 Å². The Balaban J connectivity index is 2.10. The highest BCUT2D eigenvalue weighted by molar-refractivity contribution is 8.13. The number of ether oxygens (including phenoxy) is 2. The van der Waals surface area contributed by atoms with Crippen molar-refractivity contribution in [1.29, 1.82) is 0 Å². The molecule has 4 nitrogen and oxygen atoms in total. The first kappa shape index (κ1) is 16.6. The molecule has 1 aromatic rings. The van der Waals surface area contributed by atoms with Gasteiger partial charge in [0.15, 0.2) is 0 Å². The number of rotatable bonds is 4. The zero-order valence-corrected chi connectivity index (χ0v) is 14.3. The van der Waals surface area contributed by atoms with E-state index >= 15 is 0 Å². The molecule has 21 heavy (non-hydrogen) atoms. The Morgan fingerprint density at radius 2 is 2.00 bits per heavy atom. The molecule has 0 bridgehead atoms. The number of hydrogen-bond acceptors (Lipinski definition) is 4. The molecule has 1 atom stereocenters. The summed E-state index contributed by atoms with van der Waals surface area (Å²) in [5.41, 5.74) is 1.32. The van der Waals surface area contributed by atoms with E-state index in [9.17, 15) is 8.42 Å². The smallest absolute Gasteiger partial charge is 0.261 e. The Morgan fingerprint density at radius 3 is 2.52 bits per heavy atom. The van der Waals surface area contributed by atoms with Gasteiger partial charge in [-0.25, -0.2) is 8.42 Å². The van der Waals surface area contributed by atoms with Crippen molar-refractivity contribution in [3.63, 3.8) is 0 Å². The predicted molar refractivity (Wildman–Crippen MR) is 82.6 cm³/mol. The maximum atomic E-state index is 11.5. The summed E-state index contributed by atoms with van der Waals surface area (Å²) >= 11 is 0. The molecule has 0 amide bonds. The monoisotopic (exact) mass is 332 g/mol. The molecule has 1 aliphatic rings. The van der Waals surface area contributed by atoms with Crippen molar-refractivity contribution in [2.24, 2.45) is 0 Å². The highest BCUT2D eigenvalue weighted by Crippen LogP contribution is 2.32. The molecule has 1 saturated heterocycles. The molecule has 0 radical (unpaired) electrons. The zero-order valence-electron chi connectivity index (χ0n) is 12.8. The Morgan fingerprint density at radius 1 is 1.33 bits per heavy atom. The minimum atomic E-state index is -3.73. The second-order valence-corrected chi connectivity index (χ2v) is 8.63. The Kier molecular flexibility index (Phi) is 4.57. The lowest BCUT2D eigenvalue weighted by Crippen LogP contribution is -2.24. The van der Waals surface area contributed by atoms with Crippen LogP contribution < -0.4 is 4.74 Å². The second kappa shape index (κ2) is 5.78. The van der Waals surface area contributed by atoms with Crippen LogP contribution in [0.5, 0.6) is 5.75 Å². The van der Waals surface area contributed by atoms with Gasteiger partial charge in [0.1, 0.15) is 12.4 Å². The zero-order chi connectivity index (χ0) is 15.8. The van der Waals surface area contributed by atoms with Gasteiger partial charge in [-0.3, -0.25) is 0 Å². The summed E-state index contributed by atoms with van der Waals surface area (Å²) in [4.78, 5) is 0.132. The molecular weight excluding hydrogens is 312 g/mol.